The van der Waals surface area contributed by atoms with E-state index in [1.54, 1.807) is 0 Å². The molecule has 1 aromatic rings. The number of benzene rings is 1. The number of amides is 1. The van der Waals surface area contributed by atoms with Crippen molar-refractivity contribution in [1.29, 1.82) is 0 Å². The van der Waals surface area contributed by atoms with Crippen LogP contribution >= 0.6 is 0 Å². The minimum absolute atomic E-state index is 0.263. The lowest BCUT2D eigenvalue weighted by atomic mass is 10.1. The molecule has 2 rings (SSSR count). The van der Waals surface area contributed by atoms with Crippen LogP contribution in [-0.4, -0.2) is 12.5 Å². The topological polar surface area (TPSA) is 55.1 Å². The monoisotopic (exact) mass is 248 g/mol. The van der Waals surface area contributed by atoms with E-state index in [9.17, 15) is 9.18 Å². The highest BCUT2D eigenvalue weighted by molar-refractivity contribution is 5.95. The van der Waals surface area contributed by atoms with Gasteiger partial charge in [0.2, 0.25) is 0 Å². The number of anilines is 1. The van der Waals surface area contributed by atoms with Crippen LogP contribution in [0.15, 0.2) is 29.8 Å². The summed E-state index contributed by atoms with van der Waals surface area (Å²) in [6, 6.07) is 3.87. The van der Waals surface area contributed by atoms with Gasteiger partial charge in [-0.3, -0.25) is 4.79 Å². The first-order valence-electron chi connectivity index (χ1n) is 6.17. The minimum Gasteiger partial charge on any atom is -0.399 e. The van der Waals surface area contributed by atoms with Gasteiger partial charge in [0.15, 0.2) is 0 Å². The van der Waals surface area contributed by atoms with E-state index in [1.165, 1.54) is 30.2 Å². The Balaban J connectivity index is 1.87. The maximum absolute atomic E-state index is 13.1. The summed E-state index contributed by atoms with van der Waals surface area (Å²) in [6.45, 7) is 0.584. The summed E-state index contributed by atoms with van der Waals surface area (Å²) in [7, 11) is 0. The Bertz CT molecular complexity index is 462. The van der Waals surface area contributed by atoms with Gasteiger partial charge in [-0.25, -0.2) is 4.39 Å². The fraction of sp³-hybridized carbons (Fsp3) is 0.357. The lowest BCUT2D eigenvalue weighted by Gasteiger charge is -2.06. The van der Waals surface area contributed by atoms with Crippen molar-refractivity contribution in [1.82, 2.24) is 5.32 Å². The van der Waals surface area contributed by atoms with Crippen LogP contribution in [-0.2, 0) is 0 Å². The maximum atomic E-state index is 13.1. The fourth-order valence-corrected chi connectivity index (χ4v) is 2.15. The zero-order valence-corrected chi connectivity index (χ0v) is 10.2. The zero-order chi connectivity index (χ0) is 13.0. The quantitative estimate of drug-likeness (QED) is 0.635. The molecule has 0 heterocycles. The third kappa shape index (κ3) is 3.32. The molecule has 96 valence electrons. The molecule has 0 atom stereocenters. The van der Waals surface area contributed by atoms with Crippen molar-refractivity contribution in [2.24, 2.45) is 0 Å². The number of carbonyl (C=O) groups is 1. The molecule has 3 nitrogen and oxygen atoms in total. The summed E-state index contributed by atoms with van der Waals surface area (Å²) in [5, 5.41) is 2.78. The standard InChI is InChI=1S/C14H17FN2O/c15-12-7-11(8-13(16)9-12)14(18)17-6-5-10-3-1-2-4-10/h3,7-9H,1-2,4-6,16H2,(H,17,18). The first-order valence-corrected chi connectivity index (χ1v) is 6.17. The summed E-state index contributed by atoms with van der Waals surface area (Å²) in [4.78, 5) is 11.8. The number of hydrogen-bond donors (Lipinski definition) is 2. The summed E-state index contributed by atoms with van der Waals surface area (Å²) < 4.78 is 13.1. The lowest BCUT2D eigenvalue weighted by molar-refractivity contribution is 0.0953. The molecule has 4 heteroatoms. The van der Waals surface area contributed by atoms with E-state index in [4.69, 9.17) is 5.73 Å². The van der Waals surface area contributed by atoms with E-state index in [-0.39, 0.29) is 17.2 Å². The summed E-state index contributed by atoms with van der Waals surface area (Å²) in [6.07, 6.45) is 6.58. The molecule has 0 aromatic heterocycles. The first-order chi connectivity index (χ1) is 8.65. The first kappa shape index (κ1) is 12.6. The Morgan fingerprint density at radius 1 is 1.39 bits per heavy atom. The van der Waals surface area contributed by atoms with Crippen molar-refractivity contribution in [2.45, 2.75) is 25.7 Å². The van der Waals surface area contributed by atoms with E-state index in [0.717, 1.165) is 19.3 Å². The maximum Gasteiger partial charge on any atom is 0.251 e. The predicted octanol–water partition coefficient (Wildman–Crippen LogP) is 2.64. The molecule has 1 aromatic carbocycles. The van der Waals surface area contributed by atoms with Gasteiger partial charge in [0, 0.05) is 17.8 Å². The van der Waals surface area contributed by atoms with E-state index in [1.807, 2.05) is 0 Å². The zero-order valence-electron chi connectivity index (χ0n) is 10.2. The van der Waals surface area contributed by atoms with Gasteiger partial charge in [0.25, 0.3) is 5.91 Å². The van der Waals surface area contributed by atoms with Gasteiger partial charge < -0.3 is 11.1 Å². The van der Waals surface area contributed by atoms with E-state index in [0.29, 0.717) is 6.54 Å². The van der Waals surface area contributed by atoms with E-state index in [2.05, 4.69) is 11.4 Å². The number of nitrogens with two attached hydrogens (primary N) is 1. The Labute approximate surface area is 106 Å². The number of nitrogens with one attached hydrogen (secondary N) is 1. The highest BCUT2D eigenvalue weighted by atomic mass is 19.1. The third-order valence-electron chi connectivity index (χ3n) is 3.05. The smallest absolute Gasteiger partial charge is 0.251 e. The van der Waals surface area contributed by atoms with Crippen LogP contribution in [0.1, 0.15) is 36.0 Å². The van der Waals surface area contributed by atoms with Crippen LogP contribution in [0.3, 0.4) is 0 Å². The SMILES string of the molecule is Nc1cc(F)cc(C(=O)NCCC2=CCCC2)c1. The predicted molar refractivity (Wildman–Crippen MR) is 69.7 cm³/mol. The average molecular weight is 248 g/mol. The van der Waals surface area contributed by atoms with Crippen LogP contribution in [0.5, 0.6) is 0 Å². The van der Waals surface area contributed by atoms with Gasteiger partial charge in [-0.2, -0.15) is 0 Å². The molecule has 0 unspecified atom stereocenters. The Morgan fingerprint density at radius 3 is 2.89 bits per heavy atom. The molecular weight excluding hydrogens is 231 g/mol. The number of halogens is 1. The molecular formula is C14H17FN2O. The molecule has 0 spiro atoms. The molecule has 0 bridgehead atoms. The Hall–Kier alpha value is -1.84. The van der Waals surface area contributed by atoms with Gasteiger partial charge >= 0.3 is 0 Å². The number of hydrogen-bond acceptors (Lipinski definition) is 2. The second kappa shape index (κ2) is 5.67. The summed E-state index contributed by atoms with van der Waals surface area (Å²) in [5.41, 5.74) is 7.43. The van der Waals surface area contributed by atoms with Crippen LogP contribution in [0, 0.1) is 5.82 Å². The van der Waals surface area contributed by atoms with Gasteiger partial charge in [-0.1, -0.05) is 11.6 Å². The minimum atomic E-state index is -0.487. The van der Waals surface area contributed by atoms with Gasteiger partial charge in [-0.15, -0.1) is 0 Å². The van der Waals surface area contributed by atoms with Gasteiger partial charge in [0.1, 0.15) is 5.82 Å². The van der Waals surface area contributed by atoms with Crippen molar-refractivity contribution in [2.75, 3.05) is 12.3 Å². The molecule has 1 aliphatic rings. The highest BCUT2D eigenvalue weighted by Crippen LogP contribution is 2.19. The van der Waals surface area contributed by atoms with Gasteiger partial charge in [0.05, 0.1) is 0 Å². The highest BCUT2D eigenvalue weighted by Gasteiger charge is 2.09. The summed E-state index contributed by atoms with van der Waals surface area (Å²) in [5.74, 6) is -0.765. The van der Waals surface area contributed by atoms with E-state index < -0.39 is 5.82 Å². The largest absolute Gasteiger partial charge is 0.399 e. The van der Waals surface area contributed by atoms with Crippen molar-refractivity contribution >= 4 is 11.6 Å². The van der Waals surface area contributed by atoms with Gasteiger partial charge in [-0.05, 0) is 43.9 Å². The molecule has 0 fully saturated rings. The Kier molecular flexibility index (Phi) is 3.97. The molecule has 0 saturated carbocycles. The lowest BCUT2D eigenvalue weighted by Crippen LogP contribution is -2.24. The summed E-state index contributed by atoms with van der Waals surface area (Å²) >= 11 is 0. The molecule has 0 aliphatic heterocycles. The fourth-order valence-electron chi connectivity index (χ4n) is 2.15. The number of allylic oxidation sites excluding steroid dienone is 1. The van der Waals surface area contributed by atoms with Crippen LogP contribution in [0.2, 0.25) is 0 Å². The molecule has 0 radical (unpaired) electrons. The molecule has 18 heavy (non-hydrogen) atoms. The van der Waals surface area contributed by atoms with Crippen LogP contribution < -0.4 is 11.1 Å². The third-order valence-corrected chi connectivity index (χ3v) is 3.05. The normalized spacial score (nSPS) is 14.4. The Morgan fingerprint density at radius 2 is 2.22 bits per heavy atom. The number of carbonyl (C=O) groups excluding carboxylic acids is 1. The van der Waals surface area contributed by atoms with Crippen LogP contribution in [0.25, 0.3) is 0 Å². The van der Waals surface area contributed by atoms with Crippen molar-refractivity contribution in [3.63, 3.8) is 0 Å². The number of rotatable bonds is 4. The number of nitrogen functional groups attached to an aromatic ring is 1. The second-order valence-corrected chi connectivity index (χ2v) is 4.53. The van der Waals surface area contributed by atoms with E-state index >= 15 is 0 Å². The van der Waals surface area contributed by atoms with Crippen LogP contribution in [0.4, 0.5) is 10.1 Å². The molecule has 0 saturated heterocycles. The molecule has 1 aliphatic carbocycles. The molecule has 1 amide bonds. The average Bonchev–Trinajstić information content (AvgIpc) is 2.80. The van der Waals surface area contributed by atoms with Crippen molar-refractivity contribution in [3.8, 4) is 0 Å². The van der Waals surface area contributed by atoms with Crippen molar-refractivity contribution in [3.05, 3.63) is 41.2 Å². The molecule has 3 N–H and O–H groups in total. The van der Waals surface area contributed by atoms with Crippen molar-refractivity contribution < 1.29 is 9.18 Å². The second-order valence-electron chi connectivity index (χ2n) is 4.53.